The Kier molecular flexibility index (Phi) is 11.4. The minimum absolute atomic E-state index is 0. The van der Waals surface area contributed by atoms with Gasteiger partial charge in [-0.1, -0.05) is 52.0 Å². The van der Waals surface area contributed by atoms with Gasteiger partial charge in [-0.25, -0.2) is 4.79 Å². The summed E-state index contributed by atoms with van der Waals surface area (Å²) in [5.74, 6) is 0.145. The Balaban J connectivity index is 0.00000450. The van der Waals surface area contributed by atoms with Gasteiger partial charge in [0.15, 0.2) is 11.4 Å². The quantitative estimate of drug-likeness (QED) is 0.180. The number of hydrogen-bond acceptors (Lipinski definition) is 2. The lowest BCUT2D eigenvalue weighted by molar-refractivity contribution is -0.610. The first-order valence-corrected chi connectivity index (χ1v) is 10.9. The first-order valence-electron chi connectivity index (χ1n) is 10.9. The third kappa shape index (κ3) is 7.60. The van der Waals surface area contributed by atoms with E-state index in [2.05, 4.69) is 44.0 Å². The van der Waals surface area contributed by atoms with Crippen LogP contribution >= 0.6 is 0 Å². The maximum absolute atomic E-state index is 11.7. The molecule has 0 aliphatic rings. The Morgan fingerprint density at radius 3 is 2.13 bits per heavy atom. The van der Waals surface area contributed by atoms with Gasteiger partial charge in [-0.3, -0.25) is 0 Å². The molecule has 0 aliphatic carbocycles. The van der Waals surface area contributed by atoms with Crippen molar-refractivity contribution in [2.45, 2.75) is 79.1 Å². The second-order valence-corrected chi connectivity index (χ2v) is 7.96. The van der Waals surface area contributed by atoms with Crippen molar-refractivity contribution in [2.24, 2.45) is 0 Å². The van der Waals surface area contributed by atoms with Crippen LogP contribution < -0.4 is 21.7 Å². The van der Waals surface area contributed by atoms with E-state index in [0.717, 1.165) is 12.1 Å². The number of rotatable bonds is 11. The minimum Gasteiger partial charge on any atom is -1.00 e. The lowest BCUT2D eigenvalue weighted by atomic mass is 10.0. The van der Waals surface area contributed by atoms with Crippen molar-refractivity contribution in [1.29, 1.82) is 0 Å². The molecule has 30 heavy (non-hydrogen) atoms. The molecule has 0 aliphatic heterocycles. The van der Waals surface area contributed by atoms with Crippen LogP contribution in [0.25, 0.3) is 5.69 Å². The van der Waals surface area contributed by atoms with Crippen molar-refractivity contribution >= 4 is 5.97 Å². The van der Waals surface area contributed by atoms with Crippen molar-refractivity contribution in [3.8, 4) is 11.4 Å². The van der Waals surface area contributed by atoms with Crippen LogP contribution in [0.3, 0.4) is 0 Å². The highest BCUT2D eigenvalue weighted by Crippen LogP contribution is 2.17. The van der Waals surface area contributed by atoms with E-state index in [1.807, 2.05) is 24.3 Å². The van der Waals surface area contributed by atoms with E-state index in [1.165, 1.54) is 61.9 Å². The molecule has 0 saturated heterocycles. The van der Waals surface area contributed by atoms with Crippen LogP contribution in [0, 0.1) is 13.8 Å². The normalized spacial score (nSPS) is 10.4. The van der Waals surface area contributed by atoms with E-state index in [-0.39, 0.29) is 12.4 Å². The molecule has 0 saturated carbocycles. The number of carbonyl (C=O) groups is 1. The summed E-state index contributed by atoms with van der Waals surface area (Å²) in [6, 6.07) is 12.1. The predicted octanol–water partition coefficient (Wildman–Crippen LogP) is 3.36. The predicted molar refractivity (Wildman–Crippen MR) is 120 cm³/mol. The van der Waals surface area contributed by atoms with Gasteiger partial charge in [-0.05, 0) is 38.0 Å². The van der Waals surface area contributed by atoms with Crippen molar-refractivity contribution in [1.82, 2.24) is 0 Å². The summed E-state index contributed by atoms with van der Waals surface area (Å²) in [7, 11) is 0. The zero-order chi connectivity index (χ0) is 21.2. The summed E-state index contributed by atoms with van der Waals surface area (Å²) < 4.78 is 7.58. The van der Waals surface area contributed by atoms with E-state index in [4.69, 9.17) is 4.74 Å². The lowest BCUT2D eigenvalue weighted by Gasteiger charge is -2.09. The molecule has 0 amide bonds. The number of ether oxygens (including phenoxy) is 1. The molecule has 0 spiro atoms. The molecule has 0 atom stereocenters. The highest BCUT2D eigenvalue weighted by molar-refractivity contribution is 5.88. The third-order valence-corrected chi connectivity index (χ3v) is 5.38. The zero-order valence-corrected chi connectivity index (χ0v) is 19.7. The first-order chi connectivity index (χ1) is 13.9. The largest absolute Gasteiger partial charge is 1.00 e. The molecule has 2 aromatic rings. The first kappa shape index (κ1) is 25.9. The summed E-state index contributed by atoms with van der Waals surface area (Å²) >= 11 is 0. The second kappa shape index (κ2) is 13.2. The Labute approximate surface area is 188 Å². The fraction of sp³-hybridized carbons (Fsp3) is 0.462. The molecule has 1 aromatic carbocycles. The van der Waals surface area contributed by atoms with Gasteiger partial charge in [0, 0.05) is 43.2 Å². The van der Waals surface area contributed by atoms with Crippen molar-refractivity contribution in [3.05, 3.63) is 65.5 Å². The number of hydrogen-bond donors (Lipinski definition) is 0. The van der Waals surface area contributed by atoms with E-state index < -0.39 is 5.97 Å². The van der Waals surface area contributed by atoms with Crippen molar-refractivity contribution in [2.75, 3.05) is 0 Å². The highest BCUT2D eigenvalue weighted by Gasteiger charge is 2.18. The number of aryl methyl sites for hydroxylation is 2. The van der Waals surface area contributed by atoms with Gasteiger partial charge in [-0.15, -0.1) is 0 Å². The van der Waals surface area contributed by atoms with Crippen LogP contribution in [-0.2, 0) is 11.2 Å². The van der Waals surface area contributed by atoms with Gasteiger partial charge in [0.2, 0.25) is 5.69 Å². The van der Waals surface area contributed by atoms with Crippen LogP contribution in [0.4, 0.5) is 0 Å². The molecule has 0 bridgehead atoms. The van der Waals surface area contributed by atoms with E-state index >= 15 is 0 Å². The molecule has 0 N–H and O–H groups in total. The van der Waals surface area contributed by atoms with E-state index in [0.29, 0.717) is 11.3 Å². The van der Waals surface area contributed by atoms with Crippen LogP contribution in [0.2, 0.25) is 0 Å². The van der Waals surface area contributed by atoms with Crippen LogP contribution in [0.1, 0.15) is 75.7 Å². The summed E-state index contributed by atoms with van der Waals surface area (Å²) in [5.41, 5.74) is 5.35. The Hall–Kier alpha value is -2.13. The topological polar surface area (TPSA) is 30.2 Å². The standard InChI is InChI=1S/C26H36NO2.ClH/c1-6-7-8-9-10-11-12-13-23-15-14-21(4)27(22(23)5)24-16-18-25(19-17-24)29-26(28)20(2)3;/h14-19H,2,6-13H2,1,3-5H3;1H/q+1;/p-1. The highest BCUT2D eigenvalue weighted by atomic mass is 35.5. The summed E-state index contributed by atoms with van der Waals surface area (Å²) in [5, 5.41) is 0. The van der Waals surface area contributed by atoms with Gasteiger partial charge in [0.25, 0.3) is 0 Å². The molecular formula is C26H36ClNO2. The molecule has 1 aromatic heterocycles. The van der Waals surface area contributed by atoms with Crippen LogP contribution in [0.15, 0.2) is 48.6 Å². The van der Waals surface area contributed by atoms with Gasteiger partial charge in [0.05, 0.1) is 0 Å². The van der Waals surface area contributed by atoms with E-state index in [1.54, 1.807) is 6.92 Å². The maximum atomic E-state index is 11.7. The number of carbonyl (C=O) groups excluding carboxylic acids is 1. The number of aromatic nitrogens is 1. The fourth-order valence-corrected chi connectivity index (χ4v) is 3.62. The van der Waals surface area contributed by atoms with Crippen LogP contribution in [0.5, 0.6) is 5.75 Å². The smallest absolute Gasteiger partial charge is 0.338 e. The number of halogens is 1. The Morgan fingerprint density at radius 1 is 0.933 bits per heavy atom. The average Bonchev–Trinajstić information content (AvgIpc) is 2.70. The summed E-state index contributed by atoms with van der Waals surface area (Å²) in [4.78, 5) is 11.7. The Morgan fingerprint density at radius 2 is 1.53 bits per heavy atom. The molecule has 0 radical (unpaired) electrons. The molecular weight excluding hydrogens is 394 g/mol. The monoisotopic (exact) mass is 429 g/mol. The van der Waals surface area contributed by atoms with Gasteiger partial charge >= 0.3 is 5.97 Å². The van der Waals surface area contributed by atoms with Gasteiger partial charge in [-0.2, -0.15) is 4.57 Å². The summed E-state index contributed by atoms with van der Waals surface area (Å²) in [6.07, 6.45) is 10.4. The summed E-state index contributed by atoms with van der Waals surface area (Å²) in [6.45, 7) is 11.8. The molecule has 0 fully saturated rings. The number of esters is 1. The minimum atomic E-state index is -0.394. The SMILES string of the molecule is C=C(C)C(=O)Oc1ccc(-[n+]2c(C)ccc(CCCCCCCCC)c2C)cc1.[Cl-]. The van der Waals surface area contributed by atoms with E-state index in [9.17, 15) is 4.79 Å². The third-order valence-electron chi connectivity index (χ3n) is 5.38. The molecule has 164 valence electrons. The lowest BCUT2D eigenvalue weighted by Crippen LogP contribution is -3.00. The second-order valence-electron chi connectivity index (χ2n) is 7.96. The number of nitrogens with zero attached hydrogens (tertiary/aromatic N) is 1. The molecule has 2 rings (SSSR count). The molecule has 3 nitrogen and oxygen atoms in total. The number of pyridine rings is 1. The van der Waals surface area contributed by atoms with Gasteiger partial charge in [0.1, 0.15) is 5.75 Å². The van der Waals surface area contributed by atoms with Crippen LogP contribution in [-0.4, -0.2) is 5.97 Å². The molecule has 1 heterocycles. The molecule has 4 heteroatoms. The van der Waals surface area contributed by atoms with Crippen molar-refractivity contribution in [3.63, 3.8) is 0 Å². The Bertz CT molecular complexity index is 828. The average molecular weight is 430 g/mol. The molecule has 0 unspecified atom stereocenters. The maximum Gasteiger partial charge on any atom is 0.338 e. The van der Waals surface area contributed by atoms with Gasteiger partial charge < -0.3 is 17.1 Å². The zero-order valence-electron chi connectivity index (χ0n) is 19.0. The van der Waals surface area contributed by atoms with Crippen molar-refractivity contribution < 1.29 is 26.5 Å². The number of unbranched alkanes of at least 4 members (excludes halogenated alkanes) is 6. The fourth-order valence-electron chi connectivity index (χ4n) is 3.62. The number of benzene rings is 1.